The number of fused-ring (bicyclic) bond motifs is 1. The van der Waals surface area contributed by atoms with Gasteiger partial charge in [0.15, 0.2) is 0 Å². The number of rotatable bonds is 4. The van der Waals surface area contributed by atoms with Gasteiger partial charge in [-0.15, -0.1) is 0 Å². The van der Waals surface area contributed by atoms with Gasteiger partial charge in [-0.2, -0.15) is 13.2 Å². The van der Waals surface area contributed by atoms with Crippen molar-refractivity contribution in [1.29, 1.82) is 0 Å². The number of nitrogens with zero attached hydrogens (tertiary/aromatic N) is 1. The molecule has 3 nitrogen and oxygen atoms in total. The van der Waals surface area contributed by atoms with Crippen molar-refractivity contribution in [2.24, 2.45) is 0 Å². The number of benzene rings is 1. The van der Waals surface area contributed by atoms with Gasteiger partial charge in [0.05, 0.1) is 7.11 Å². The van der Waals surface area contributed by atoms with Crippen molar-refractivity contribution < 1.29 is 17.9 Å². The Hall–Kier alpha value is -1.98. The van der Waals surface area contributed by atoms with Crippen LogP contribution in [0.15, 0.2) is 18.2 Å². The quantitative estimate of drug-likeness (QED) is 0.909. The summed E-state index contributed by atoms with van der Waals surface area (Å²) < 4.78 is 44.2. The molecule has 2 aromatic rings. The summed E-state index contributed by atoms with van der Waals surface area (Å²) in [6, 6.07) is 4.51. The lowest BCUT2D eigenvalue weighted by atomic mass is 10.1. The third-order valence-electron chi connectivity index (χ3n) is 3.21. The first-order valence-electron chi connectivity index (χ1n) is 6.68. The van der Waals surface area contributed by atoms with Crippen molar-refractivity contribution in [3.05, 3.63) is 29.5 Å². The van der Waals surface area contributed by atoms with Crippen LogP contribution in [0.3, 0.4) is 0 Å². The lowest BCUT2D eigenvalue weighted by Gasteiger charge is -2.16. The van der Waals surface area contributed by atoms with E-state index in [9.17, 15) is 13.2 Å². The Balaban J connectivity index is 2.77. The summed E-state index contributed by atoms with van der Waals surface area (Å²) in [6.07, 6.45) is -3.68. The molecular formula is C15H17F3N2O. The largest absolute Gasteiger partial charge is 0.494 e. The molecule has 1 aromatic carbocycles. The molecule has 0 aliphatic rings. The average molecular weight is 298 g/mol. The highest BCUT2D eigenvalue weighted by molar-refractivity contribution is 5.97. The van der Waals surface area contributed by atoms with E-state index >= 15 is 0 Å². The maximum atomic E-state index is 13.0. The second-order valence-corrected chi connectivity index (χ2v) is 4.79. The van der Waals surface area contributed by atoms with E-state index in [1.165, 1.54) is 7.11 Å². The Kier molecular flexibility index (Phi) is 4.25. The van der Waals surface area contributed by atoms with Crippen LogP contribution in [0, 0.1) is 6.92 Å². The number of ether oxygens (including phenoxy) is 1. The molecular weight excluding hydrogens is 281 g/mol. The van der Waals surface area contributed by atoms with Crippen LogP contribution in [-0.2, 0) is 6.18 Å². The molecule has 0 bridgehead atoms. The van der Waals surface area contributed by atoms with Gasteiger partial charge in [-0.3, -0.25) is 0 Å². The van der Waals surface area contributed by atoms with Crippen molar-refractivity contribution in [2.45, 2.75) is 26.4 Å². The number of aryl methyl sites for hydroxylation is 1. The highest BCUT2D eigenvalue weighted by Gasteiger charge is 2.34. The molecule has 0 radical (unpaired) electrons. The van der Waals surface area contributed by atoms with E-state index in [-0.39, 0.29) is 5.52 Å². The van der Waals surface area contributed by atoms with Crippen LogP contribution < -0.4 is 10.1 Å². The van der Waals surface area contributed by atoms with Gasteiger partial charge in [0.2, 0.25) is 0 Å². The van der Waals surface area contributed by atoms with E-state index in [4.69, 9.17) is 4.74 Å². The Morgan fingerprint density at radius 1 is 1.29 bits per heavy atom. The summed E-state index contributed by atoms with van der Waals surface area (Å²) in [4.78, 5) is 3.76. The fourth-order valence-corrected chi connectivity index (χ4v) is 2.19. The highest BCUT2D eigenvalue weighted by atomic mass is 19.4. The van der Waals surface area contributed by atoms with Gasteiger partial charge in [0.1, 0.15) is 17.0 Å². The molecule has 6 heteroatoms. The molecule has 1 heterocycles. The molecule has 1 aromatic heterocycles. The smallest absolute Gasteiger partial charge is 0.433 e. The number of nitrogens with one attached hydrogen (secondary N) is 1. The fraction of sp³-hybridized carbons (Fsp3) is 0.400. The molecule has 0 spiro atoms. The summed E-state index contributed by atoms with van der Waals surface area (Å²) in [6.45, 7) is 4.38. The Morgan fingerprint density at radius 2 is 2.00 bits per heavy atom. The second-order valence-electron chi connectivity index (χ2n) is 4.79. The van der Waals surface area contributed by atoms with Crippen molar-refractivity contribution in [3.63, 3.8) is 0 Å². The van der Waals surface area contributed by atoms with Crippen LogP contribution in [0.2, 0.25) is 0 Å². The molecule has 21 heavy (non-hydrogen) atoms. The molecule has 0 unspecified atom stereocenters. The van der Waals surface area contributed by atoms with Gasteiger partial charge in [-0.05, 0) is 31.0 Å². The van der Waals surface area contributed by atoms with E-state index in [0.29, 0.717) is 23.4 Å². The van der Waals surface area contributed by atoms with E-state index in [1.54, 1.807) is 6.07 Å². The summed E-state index contributed by atoms with van der Waals surface area (Å²) in [7, 11) is 1.42. The zero-order valence-corrected chi connectivity index (χ0v) is 12.1. The molecule has 0 aliphatic carbocycles. The van der Waals surface area contributed by atoms with Gasteiger partial charge in [-0.25, -0.2) is 4.98 Å². The lowest BCUT2D eigenvalue weighted by Crippen LogP contribution is -2.11. The maximum absolute atomic E-state index is 13.0. The Labute approximate surface area is 121 Å². The van der Waals surface area contributed by atoms with Gasteiger partial charge in [0.25, 0.3) is 0 Å². The third-order valence-corrected chi connectivity index (χ3v) is 3.21. The summed E-state index contributed by atoms with van der Waals surface area (Å²) in [5.74, 6) is 0.334. The van der Waals surface area contributed by atoms with Crippen LogP contribution in [0.4, 0.5) is 18.9 Å². The zero-order chi connectivity index (χ0) is 15.6. The van der Waals surface area contributed by atoms with E-state index in [0.717, 1.165) is 18.1 Å². The number of alkyl halides is 3. The molecule has 0 saturated carbocycles. The second kappa shape index (κ2) is 5.79. The van der Waals surface area contributed by atoms with Gasteiger partial charge >= 0.3 is 6.18 Å². The van der Waals surface area contributed by atoms with Crippen molar-refractivity contribution in [2.75, 3.05) is 19.0 Å². The number of hydrogen-bond acceptors (Lipinski definition) is 3. The number of anilines is 1. The van der Waals surface area contributed by atoms with Gasteiger partial charge < -0.3 is 10.1 Å². The van der Waals surface area contributed by atoms with Crippen LogP contribution in [0.5, 0.6) is 5.75 Å². The molecule has 1 N–H and O–H groups in total. The maximum Gasteiger partial charge on any atom is 0.433 e. The first-order chi connectivity index (χ1) is 9.88. The summed E-state index contributed by atoms with van der Waals surface area (Å²) in [5, 5.41) is 3.71. The molecule has 114 valence electrons. The predicted molar refractivity (Wildman–Crippen MR) is 76.8 cm³/mol. The van der Waals surface area contributed by atoms with Crippen molar-refractivity contribution in [3.8, 4) is 5.75 Å². The Bertz CT molecular complexity index is 653. The summed E-state index contributed by atoms with van der Waals surface area (Å²) in [5.41, 5.74) is 0.597. The van der Waals surface area contributed by atoms with Gasteiger partial charge in [-0.1, -0.05) is 13.0 Å². The minimum Gasteiger partial charge on any atom is -0.494 e. The Morgan fingerprint density at radius 3 is 2.57 bits per heavy atom. The van der Waals surface area contributed by atoms with Crippen LogP contribution in [0.25, 0.3) is 10.9 Å². The SMILES string of the molecule is CCCNc1cc(C(F)(F)F)nc2c(OC)ccc(C)c12. The number of aromatic nitrogens is 1. The molecule has 0 atom stereocenters. The average Bonchev–Trinajstić information content (AvgIpc) is 2.43. The molecule has 0 saturated heterocycles. The third kappa shape index (κ3) is 3.04. The number of methoxy groups -OCH3 is 1. The van der Waals surface area contributed by atoms with Crippen LogP contribution in [0.1, 0.15) is 24.6 Å². The normalized spacial score (nSPS) is 11.7. The van der Waals surface area contributed by atoms with E-state index in [2.05, 4.69) is 10.3 Å². The first-order valence-corrected chi connectivity index (χ1v) is 6.68. The molecule has 0 fully saturated rings. The van der Waals surface area contributed by atoms with Crippen LogP contribution in [-0.4, -0.2) is 18.6 Å². The van der Waals surface area contributed by atoms with Gasteiger partial charge in [0, 0.05) is 17.6 Å². The molecule has 0 amide bonds. The number of hydrogen-bond donors (Lipinski definition) is 1. The minimum atomic E-state index is -4.49. The van der Waals surface area contributed by atoms with Crippen molar-refractivity contribution >= 4 is 16.6 Å². The highest BCUT2D eigenvalue weighted by Crippen LogP contribution is 2.37. The molecule has 2 rings (SSSR count). The van der Waals surface area contributed by atoms with E-state index in [1.807, 2.05) is 19.9 Å². The van der Waals surface area contributed by atoms with E-state index < -0.39 is 11.9 Å². The topological polar surface area (TPSA) is 34.2 Å². The standard InChI is InChI=1S/C15H17F3N2O/c1-4-7-19-10-8-12(15(16,17)18)20-14-11(21-3)6-5-9(2)13(10)14/h5-6,8H,4,7H2,1-3H3,(H,19,20). The first kappa shape index (κ1) is 15.4. The summed E-state index contributed by atoms with van der Waals surface area (Å²) >= 11 is 0. The zero-order valence-electron chi connectivity index (χ0n) is 12.1. The number of pyridine rings is 1. The van der Waals surface area contributed by atoms with Crippen LogP contribution >= 0.6 is 0 Å². The monoisotopic (exact) mass is 298 g/mol. The number of halogens is 3. The lowest BCUT2D eigenvalue weighted by molar-refractivity contribution is -0.140. The predicted octanol–water partition coefficient (Wildman–Crippen LogP) is 4.39. The molecule has 0 aliphatic heterocycles. The fourth-order valence-electron chi connectivity index (χ4n) is 2.19. The van der Waals surface area contributed by atoms with Crippen molar-refractivity contribution in [1.82, 2.24) is 4.98 Å². The minimum absolute atomic E-state index is 0.228.